The normalized spacial score (nSPS) is 11.1. The fraction of sp³-hybridized carbons (Fsp3) is 0.950. The molecule has 0 atom stereocenters. The molecule has 0 aromatic heterocycles. The van der Waals surface area contributed by atoms with E-state index in [9.17, 15) is 4.79 Å². The topological polar surface area (TPSA) is 32.3 Å². The Hall–Kier alpha value is -0.570. The van der Waals surface area contributed by atoms with Crippen LogP contribution in [0.1, 0.15) is 96.8 Å². The molecule has 0 aromatic carbocycles. The van der Waals surface area contributed by atoms with Crippen LogP contribution in [0.5, 0.6) is 0 Å². The second-order valence-corrected chi connectivity index (χ2v) is 7.15. The molecule has 0 radical (unpaired) electrons. The molecule has 0 rings (SSSR count). The molecule has 1 N–H and O–H groups in total. The number of hydrogen-bond acceptors (Lipinski definition) is 2. The average molecular weight is 327 g/mol. The van der Waals surface area contributed by atoms with Crippen molar-refractivity contribution in [3.63, 3.8) is 0 Å². The van der Waals surface area contributed by atoms with Gasteiger partial charge in [-0.25, -0.2) is 0 Å². The predicted molar refractivity (Wildman–Crippen MR) is 102 cm³/mol. The predicted octanol–water partition coefficient (Wildman–Crippen LogP) is 5.15. The highest BCUT2D eigenvalue weighted by atomic mass is 16.1. The SMILES string of the molecule is CCCCCCCCCCCC(=O)NCCCCCCN(C)C. The van der Waals surface area contributed by atoms with E-state index in [1.807, 2.05) is 0 Å². The third-order valence-corrected chi connectivity index (χ3v) is 4.36. The van der Waals surface area contributed by atoms with Crippen LogP contribution in [0.2, 0.25) is 0 Å². The van der Waals surface area contributed by atoms with E-state index in [4.69, 9.17) is 0 Å². The molecule has 138 valence electrons. The number of nitrogens with one attached hydrogen (secondary N) is 1. The number of rotatable bonds is 17. The summed E-state index contributed by atoms with van der Waals surface area (Å²) in [5, 5.41) is 3.06. The molecule has 0 aliphatic carbocycles. The first-order chi connectivity index (χ1) is 11.2. The lowest BCUT2D eigenvalue weighted by Crippen LogP contribution is -2.24. The number of amides is 1. The molecule has 0 spiro atoms. The summed E-state index contributed by atoms with van der Waals surface area (Å²) < 4.78 is 0. The van der Waals surface area contributed by atoms with E-state index in [2.05, 4.69) is 31.2 Å². The maximum absolute atomic E-state index is 11.7. The van der Waals surface area contributed by atoms with E-state index in [-0.39, 0.29) is 5.91 Å². The second kappa shape index (κ2) is 17.8. The monoisotopic (exact) mass is 326 g/mol. The third kappa shape index (κ3) is 19.4. The van der Waals surface area contributed by atoms with Crippen LogP contribution < -0.4 is 5.32 Å². The van der Waals surface area contributed by atoms with Gasteiger partial charge in [-0.05, 0) is 39.9 Å². The Labute approximate surface area is 145 Å². The lowest BCUT2D eigenvalue weighted by Gasteiger charge is -2.09. The van der Waals surface area contributed by atoms with Gasteiger partial charge in [0, 0.05) is 13.0 Å². The molecule has 0 saturated heterocycles. The highest BCUT2D eigenvalue weighted by Crippen LogP contribution is 2.10. The Morgan fingerprint density at radius 1 is 0.739 bits per heavy atom. The summed E-state index contributed by atoms with van der Waals surface area (Å²) in [7, 11) is 4.24. The van der Waals surface area contributed by atoms with E-state index in [1.165, 1.54) is 77.2 Å². The number of carbonyl (C=O) groups excluding carboxylic acids is 1. The molecular formula is C20H42N2O. The van der Waals surface area contributed by atoms with Crippen molar-refractivity contribution in [1.82, 2.24) is 10.2 Å². The van der Waals surface area contributed by atoms with Crippen LogP contribution in [-0.2, 0) is 4.79 Å². The first kappa shape index (κ1) is 22.4. The quantitative estimate of drug-likeness (QED) is 0.375. The molecular weight excluding hydrogens is 284 g/mol. The molecule has 0 unspecified atom stereocenters. The van der Waals surface area contributed by atoms with Crippen LogP contribution in [0, 0.1) is 0 Å². The van der Waals surface area contributed by atoms with Crippen molar-refractivity contribution < 1.29 is 4.79 Å². The largest absolute Gasteiger partial charge is 0.356 e. The molecule has 0 aliphatic rings. The minimum absolute atomic E-state index is 0.251. The zero-order valence-electron chi connectivity index (χ0n) is 16.2. The molecule has 0 bridgehead atoms. The van der Waals surface area contributed by atoms with Crippen LogP contribution in [0.25, 0.3) is 0 Å². The lowest BCUT2D eigenvalue weighted by molar-refractivity contribution is -0.121. The van der Waals surface area contributed by atoms with Crippen molar-refractivity contribution in [2.45, 2.75) is 96.8 Å². The minimum atomic E-state index is 0.251. The van der Waals surface area contributed by atoms with Crippen molar-refractivity contribution in [3.8, 4) is 0 Å². The number of carbonyl (C=O) groups is 1. The van der Waals surface area contributed by atoms with Gasteiger partial charge >= 0.3 is 0 Å². The van der Waals surface area contributed by atoms with Crippen molar-refractivity contribution in [2.75, 3.05) is 27.2 Å². The van der Waals surface area contributed by atoms with Gasteiger partial charge in [-0.2, -0.15) is 0 Å². The van der Waals surface area contributed by atoms with Gasteiger partial charge in [-0.15, -0.1) is 0 Å². The molecule has 0 saturated carbocycles. The van der Waals surface area contributed by atoms with Crippen LogP contribution >= 0.6 is 0 Å². The average Bonchev–Trinajstić information content (AvgIpc) is 2.52. The van der Waals surface area contributed by atoms with Gasteiger partial charge in [-0.3, -0.25) is 4.79 Å². The van der Waals surface area contributed by atoms with E-state index in [0.717, 1.165) is 25.8 Å². The standard InChI is InChI=1S/C20H42N2O/c1-4-5-6-7-8-9-10-11-14-17-20(23)21-18-15-12-13-16-19-22(2)3/h4-19H2,1-3H3,(H,21,23). The van der Waals surface area contributed by atoms with Gasteiger partial charge in [0.25, 0.3) is 0 Å². The van der Waals surface area contributed by atoms with Gasteiger partial charge < -0.3 is 10.2 Å². The zero-order chi connectivity index (χ0) is 17.2. The maximum atomic E-state index is 11.7. The second-order valence-electron chi connectivity index (χ2n) is 7.15. The lowest BCUT2D eigenvalue weighted by atomic mass is 10.1. The first-order valence-electron chi connectivity index (χ1n) is 10.1. The number of unbranched alkanes of at least 4 members (excludes halogenated alkanes) is 11. The highest BCUT2D eigenvalue weighted by molar-refractivity contribution is 5.75. The van der Waals surface area contributed by atoms with Gasteiger partial charge in [0.05, 0.1) is 0 Å². The summed E-state index contributed by atoms with van der Waals surface area (Å²) in [6.45, 7) is 4.29. The van der Waals surface area contributed by atoms with Crippen molar-refractivity contribution in [2.24, 2.45) is 0 Å². The zero-order valence-corrected chi connectivity index (χ0v) is 16.2. The van der Waals surface area contributed by atoms with E-state index in [1.54, 1.807) is 0 Å². The Balaban J connectivity index is 3.16. The van der Waals surface area contributed by atoms with E-state index < -0.39 is 0 Å². The van der Waals surface area contributed by atoms with E-state index >= 15 is 0 Å². The molecule has 0 aliphatic heterocycles. The summed E-state index contributed by atoms with van der Waals surface area (Å²) in [4.78, 5) is 13.9. The van der Waals surface area contributed by atoms with Crippen molar-refractivity contribution >= 4 is 5.91 Å². The number of hydrogen-bond donors (Lipinski definition) is 1. The summed E-state index contributed by atoms with van der Waals surface area (Å²) in [6.07, 6.45) is 17.4. The molecule has 0 heterocycles. The third-order valence-electron chi connectivity index (χ3n) is 4.36. The molecule has 3 heteroatoms. The molecule has 23 heavy (non-hydrogen) atoms. The molecule has 1 amide bonds. The Morgan fingerprint density at radius 2 is 1.26 bits per heavy atom. The fourth-order valence-corrected chi connectivity index (χ4v) is 2.82. The number of nitrogens with zero attached hydrogens (tertiary/aromatic N) is 1. The highest BCUT2D eigenvalue weighted by Gasteiger charge is 2.00. The molecule has 3 nitrogen and oxygen atoms in total. The minimum Gasteiger partial charge on any atom is -0.356 e. The fourth-order valence-electron chi connectivity index (χ4n) is 2.82. The summed E-state index contributed by atoms with van der Waals surface area (Å²) in [6, 6.07) is 0. The smallest absolute Gasteiger partial charge is 0.219 e. The summed E-state index contributed by atoms with van der Waals surface area (Å²) >= 11 is 0. The van der Waals surface area contributed by atoms with Gasteiger partial charge in [0.2, 0.25) is 5.91 Å². The molecule has 0 aromatic rings. The van der Waals surface area contributed by atoms with Crippen LogP contribution in [-0.4, -0.2) is 38.0 Å². The van der Waals surface area contributed by atoms with Crippen LogP contribution in [0.3, 0.4) is 0 Å². The Morgan fingerprint density at radius 3 is 1.87 bits per heavy atom. The maximum Gasteiger partial charge on any atom is 0.219 e. The summed E-state index contributed by atoms with van der Waals surface area (Å²) in [5.74, 6) is 0.251. The van der Waals surface area contributed by atoms with Crippen molar-refractivity contribution in [1.29, 1.82) is 0 Å². The van der Waals surface area contributed by atoms with Crippen LogP contribution in [0.15, 0.2) is 0 Å². The van der Waals surface area contributed by atoms with Gasteiger partial charge in [0.1, 0.15) is 0 Å². The Kier molecular flexibility index (Phi) is 17.3. The Bertz CT molecular complexity index is 254. The summed E-state index contributed by atoms with van der Waals surface area (Å²) in [5.41, 5.74) is 0. The molecule has 0 fully saturated rings. The van der Waals surface area contributed by atoms with Crippen molar-refractivity contribution in [3.05, 3.63) is 0 Å². The van der Waals surface area contributed by atoms with E-state index in [0.29, 0.717) is 0 Å². The first-order valence-corrected chi connectivity index (χ1v) is 10.1. The van der Waals surface area contributed by atoms with Gasteiger partial charge in [0.15, 0.2) is 0 Å². The van der Waals surface area contributed by atoms with Gasteiger partial charge in [-0.1, -0.05) is 71.1 Å². The van der Waals surface area contributed by atoms with Crippen LogP contribution in [0.4, 0.5) is 0 Å².